The molecule has 2 aromatic rings. The normalized spacial score (nSPS) is 11.0. The van der Waals surface area contributed by atoms with Crippen LogP contribution in [0.15, 0.2) is 30.3 Å². The monoisotopic (exact) mass is 287 g/mol. The minimum Gasteiger partial charge on any atom is -0.478 e. The molecule has 0 atom stereocenters. The molecular formula is C16H21N3O2. The lowest BCUT2D eigenvalue weighted by Crippen LogP contribution is -2.24. The molecule has 0 aliphatic heterocycles. The van der Waals surface area contributed by atoms with Crippen molar-refractivity contribution in [1.29, 1.82) is 0 Å². The number of rotatable bonds is 6. The highest BCUT2D eigenvalue weighted by atomic mass is 16.4. The highest BCUT2D eigenvalue weighted by Gasteiger charge is 2.10. The lowest BCUT2D eigenvalue weighted by Gasteiger charge is -2.20. The Balaban J connectivity index is 2.21. The number of aromatic nitrogens is 1. The molecule has 0 spiro atoms. The van der Waals surface area contributed by atoms with Gasteiger partial charge in [0.25, 0.3) is 0 Å². The number of carboxylic acids is 1. The van der Waals surface area contributed by atoms with E-state index >= 15 is 0 Å². The van der Waals surface area contributed by atoms with Gasteiger partial charge in [-0.05, 0) is 51.3 Å². The van der Waals surface area contributed by atoms with E-state index in [9.17, 15) is 9.90 Å². The third kappa shape index (κ3) is 3.70. The SMILES string of the molecule is CN(C)CCCN(C)c1ccc2c(C(=O)O)cccc2n1. The highest BCUT2D eigenvalue weighted by Crippen LogP contribution is 2.21. The molecule has 0 fully saturated rings. The number of carboxylic acid groups (broad SMARTS) is 1. The highest BCUT2D eigenvalue weighted by molar-refractivity contribution is 6.02. The summed E-state index contributed by atoms with van der Waals surface area (Å²) in [4.78, 5) is 20.0. The summed E-state index contributed by atoms with van der Waals surface area (Å²) in [6.07, 6.45) is 1.05. The number of anilines is 1. The van der Waals surface area contributed by atoms with Crippen LogP contribution in [-0.2, 0) is 0 Å². The predicted molar refractivity (Wildman–Crippen MR) is 85.1 cm³/mol. The van der Waals surface area contributed by atoms with E-state index in [1.165, 1.54) is 0 Å². The third-order valence-corrected chi connectivity index (χ3v) is 3.44. The molecule has 0 unspecified atom stereocenters. The van der Waals surface area contributed by atoms with Crippen LogP contribution >= 0.6 is 0 Å². The van der Waals surface area contributed by atoms with E-state index in [2.05, 4.69) is 28.9 Å². The Morgan fingerprint density at radius 3 is 2.57 bits per heavy atom. The predicted octanol–water partition coefficient (Wildman–Crippen LogP) is 2.32. The van der Waals surface area contributed by atoms with Crippen LogP contribution in [-0.4, -0.2) is 55.2 Å². The molecule has 1 N–H and O–H groups in total. The molecule has 0 saturated carbocycles. The fourth-order valence-electron chi connectivity index (χ4n) is 2.28. The summed E-state index contributed by atoms with van der Waals surface area (Å²) in [7, 11) is 6.12. The van der Waals surface area contributed by atoms with Crippen LogP contribution < -0.4 is 4.90 Å². The van der Waals surface area contributed by atoms with Gasteiger partial charge in [0.1, 0.15) is 5.82 Å². The Kier molecular flexibility index (Phi) is 4.75. The molecule has 0 aliphatic carbocycles. The van der Waals surface area contributed by atoms with Crippen LogP contribution in [0.3, 0.4) is 0 Å². The molecule has 1 heterocycles. The Labute approximate surface area is 124 Å². The van der Waals surface area contributed by atoms with Gasteiger partial charge in [-0.3, -0.25) is 0 Å². The molecule has 5 heteroatoms. The number of fused-ring (bicyclic) bond motifs is 1. The number of aromatic carboxylic acids is 1. The van der Waals surface area contributed by atoms with Crippen LogP contribution in [0.5, 0.6) is 0 Å². The standard InChI is InChI=1S/C16H21N3O2/c1-18(2)10-5-11-19(3)15-9-8-12-13(16(20)21)6-4-7-14(12)17-15/h4,6-9H,5,10-11H2,1-3H3,(H,20,21). The molecule has 0 aliphatic rings. The Morgan fingerprint density at radius 1 is 1.14 bits per heavy atom. The van der Waals surface area contributed by atoms with E-state index in [4.69, 9.17) is 0 Å². The number of nitrogens with zero attached hydrogens (tertiary/aromatic N) is 3. The summed E-state index contributed by atoms with van der Waals surface area (Å²) in [5, 5.41) is 9.86. The zero-order valence-corrected chi connectivity index (χ0v) is 12.7. The molecule has 5 nitrogen and oxygen atoms in total. The molecule has 2 rings (SSSR count). The maximum atomic E-state index is 11.2. The third-order valence-electron chi connectivity index (χ3n) is 3.44. The largest absolute Gasteiger partial charge is 0.478 e. The van der Waals surface area contributed by atoms with Gasteiger partial charge in [0, 0.05) is 19.0 Å². The lowest BCUT2D eigenvalue weighted by atomic mass is 10.1. The van der Waals surface area contributed by atoms with E-state index < -0.39 is 5.97 Å². The number of benzene rings is 1. The van der Waals surface area contributed by atoms with Gasteiger partial charge in [0.2, 0.25) is 0 Å². The van der Waals surface area contributed by atoms with Crippen LogP contribution in [0, 0.1) is 0 Å². The lowest BCUT2D eigenvalue weighted by molar-refractivity contribution is 0.0699. The van der Waals surface area contributed by atoms with Crippen LogP contribution in [0.1, 0.15) is 16.8 Å². The van der Waals surface area contributed by atoms with E-state index in [-0.39, 0.29) is 0 Å². The van der Waals surface area contributed by atoms with Crippen molar-refractivity contribution in [3.8, 4) is 0 Å². The molecule has 1 aromatic heterocycles. The molecular weight excluding hydrogens is 266 g/mol. The van der Waals surface area contributed by atoms with Crippen molar-refractivity contribution >= 4 is 22.7 Å². The molecule has 0 amide bonds. The number of hydrogen-bond donors (Lipinski definition) is 1. The number of carbonyl (C=O) groups is 1. The van der Waals surface area contributed by atoms with Gasteiger partial charge < -0.3 is 14.9 Å². The molecule has 21 heavy (non-hydrogen) atoms. The first-order valence-corrected chi connectivity index (χ1v) is 6.98. The van der Waals surface area contributed by atoms with Gasteiger partial charge in [-0.2, -0.15) is 0 Å². The van der Waals surface area contributed by atoms with Crippen molar-refractivity contribution in [3.63, 3.8) is 0 Å². The van der Waals surface area contributed by atoms with Crippen LogP contribution in [0.2, 0.25) is 0 Å². The van der Waals surface area contributed by atoms with Crippen molar-refractivity contribution < 1.29 is 9.90 Å². The van der Waals surface area contributed by atoms with Crippen molar-refractivity contribution in [3.05, 3.63) is 35.9 Å². The fraction of sp³-hybridized carbons (Fsp3) is 0.375. The zero-order valence-electron chi connectivity index (χ0n) is 12.7. The molecule has 0 radical (unpaired) electrons. The van der Waals surface area contributed by atoms with Crippen molar-refractivity contribution in [2.45, 2.75) is 6.42 Å². The summed E-state index contributed by atoms with van der Waals surface area (Å²) in [6, 6.07) is 8.90. The first-order valence-electron chi connectivity index (χ1n) is 6.98. The summed E-state index contributed by atoms with van der Waals surface area (Å²) in [5.41, 5.74) is 1.01. The number of hydrogen-bond acceptors (Lipinski definition) is 4. The van der Waals surface area contributed by atoms with Gasteiger partial charge >= 0.3 is 5.97 Å². The van der Waals surface area contributed by atoms with E-state index in [1.54, 1.807) is 12.1 Å². The first kappa shape index (κ1) is 15.3. The molecule has 1 aromatic carbocycles. The molecule has 0 saturated heterocycles. The smallest absolute Gasteiger partial charge is 0.336 e. The van der Waals surface area contributed by atoms with Gasteiger partial charge in [-0.15, -0.1) is 0 Å². The van der Waals surface area contributed by atoms with Gasteiger partial charge in [-0.1, -0.05) is 6.07 Å². The van der Waals surface area contributed by atoms with Crippen molar-refractivity contribution in [2.24, 2.45) is 0 Å². The van der Waals surface area contributed by atoms with Gasteiger partial charge in [0.15, 0.2) is 0 Å². The second-order valence-corrected chi connectivity index (χ2v) is 5.43. The van der Waals surface area contributed by atoms with Gasteiger partial charge in [0.05, 0.1) is 11.1 Å². The van der Waals surface area contributed by atoms with Crippen molar-refractivity contribution in [1.82, 2.24) is 9.88 Å². The summed E-state index contributed by atoms with van der Waals surface area (Å²) in [5.74, 6) is -0.0571. The average Bonchev–Trinajstić information content (AvgIpc) is 2.45. The molecule has 0 bridgehead atoms. The molecule has 112 valence electrons. The quantitative estimate of drug-likeness (QED) is 0.883. The van der Waals surface area contributed by atoms with E-state index in [1.807, 2.05) is 25.2 Å². The van der Waals surface area contributed by atoms with Crippen molar-refractivity contribution in [2.75, 3.05) is 39.1 Å². The minimum absolute atomic E-state index is 0.293. The van der Waals surface area contributed by atoms with Crippen LogP contribution in [0.25, 0.3) is 10.9 Å². The first-order chi connectivity index (χ1) is 9.99. The summed E-state index contributed by atoms with van der Waals surface area (Å²) in [6.45, 7) is 1.94. The average molecular weight is 287 g/mol. The summed E-state index contributed by atoms with van der Waals surface area (Å²) >= 11 is 0. The summed E-state index contributed by atoms with van der Waals surface area (Å²) < 4.78 is 0. The second kappa shape index (κ2) is 6.54. The maximum Gasteiger partial charge on any atom is 0.336 e. The number of pyridine rings is 1. The maximum absolute atomic E-state index is 11.2. The zero-order chi connectivity index (χ0) is 15.4. The Hall–Kier alpha value is -2.14. The topological polar surface area (TPSA) is 56.7 Å². The van der Waals surface area contributed by atoms with Gasteiger partial charge in [-0.25, -0.2) is 9.78 Å². The van der Waals surface area contributed by atoms with E-state index in [0.717, 1.165) is 25.3 Å². The van der Waals surface area contributed by atoms with Crippen LogP contribution in [0.4, 0.5) is 5.82 Å². The van der Waals surface area contributed by atoms with E-state index in [0.29, 0.717) is 16.5 Å². The Bertz CT molecular complexity index is 640. The minimum atomic E-state index is -0.922. The second-order valence-electron chi connectivity index (χ2n) is 5.43. The fourth-order valence-corrected chi connectivity index (χ4v) is 2.28. The Morgan fingerprint density at radius 2 is 1.90 bits per heavy atom.